The van der Waals surface area contributed by atoms with Crippen LogP contribution in [0.5, 0.6) is 0 Å². The highest BCUT2D eigenvalue weighted by molar-refractivity contribution is 5.66. The fourth-order valence-corrected chi connectivity index (χ4v) is 2.77. The van der Waals surface area contributed by atoms with Crippen molar-refractivity contribution in [3.05, 3.63) is 17.6 Å². The van der Waals surface area contributed by atoms with Crippen molar-refractivity contribution in [2.75, 3.05) is 18.0 Å². The molecule has 0 aliphatic carbocycles. The van der Waals surface area contributed by atoms with Crippen LogP contribution in [0.1, 0.15) is 57.0 Å². The van der Waals surface area contributed by atoms with Crippen LogP contribution in [-0.4, -0.2) is 34.1 Å². The van der Waals surface area contributed by atoms with E-state index >= 15 is 0 Å². The van der Waals surface area contributed by atoms with Gasteiger partial charge in [-0.2, -0.15) is 0 Å². The molecule has 5 nitrogen and oxygen atoms in total. The van der Waals surface area contributed by atoms with E-state index in [9.17, 15) is 4.79 Å². The third kappa shape index (κ3) is 4.41. The first-order chi connectivity index (χ1) is 9.95. The molecule has 1 aliphatic heterocycles. The fourth-order valence-electron chi connectivity index (χ4n) is 2.77. The van der Waals surface area contributed by atoms with Gasteiger partial charge in [-0.05, 0) is 32.1 Å². The first kappa shape index (κ1) is 15.7. The minimum absolute atomic E-state index is 0.286. The van der Waals surface area contributed by atoms with E-state index in [-0.39, 0.29) is 6.42 Å². The summed E-state index contributed by atoms with van der Waals surface area (Å²) in [4.78, 5) is 22.1. The van der Waals surface area contributed by atoms with Gasteiger partial charge >= 0.3 is 5.97 Å². The van der Waals surface area contributed by atoms with E-state index in [1.165, 1.54) is 0 Å². The van der Waals surface area contributed by atoms with E-state index in [2.05, 4.69) is 28.7 Å². The zero-order chi connectivity index (χ0) is 15.4. The van der Waals surface area contributed by atoms with E-state index < -0.39 is 5.97 Å². The summed E-state index contributed by atoms with van der Waals surface area (Å²) in [5.74, 6) is 2.09. The lowest BCUT2D eigenvalue weighted by Crippen LogP contribution is -2.34. The van der Waals surface area contributed by atoms with Crippen molar-refractivity contribution in [3.8, 4) is 0 Å². The van der Waals surface area contributed by atoms with Gasteiger partial charge in [0.15, 0.2) is 0 Å². The van der Waals surface area contributed by atoms with Crippen LogP contribution in [0.4, 0.5) is 5.82 Å². The minimum atomic E-state index is -0.689. The number of aryl methyl sites for hydroxylation is 1. The maximum atomic E-state index is 10.6. The zero-order valence-electron chi connectivity index (χ0n) is 13.2. The van der Waals surface area contributed by atoms with Gasteiger partial charge in [-0.15, -0.1) is 0 Å². The van der Waals surface area contributed by atoms with E-state index in [1.807, 2.05) is 13.0 Å². The van der Waals surface area contributed by atoms with Gasteiger partial charge in [0, 0.05) is 37.2 Å². The molecule has 116 valence electrons. The van der Waals surface area contributed by atoms with Crippen molar-refractivity contribution in [1.82, 2.24) is 9.97 Å². The number of rotatable bonds is 5. The number of anilines is 1. The van der Waals surface area contributed by atoms with Gasteiger partial charge in [-0.3, -0.25) is 4.79 Å². The van der Waals surface area contributed by atoms with Crippen molar-refractivity contribution in [2.45, 2.75) is 52.4 Å². The molecule has 0 amide bonds. The highest BCUT2D eigenvalue weighted by atomic mass is 16.4. The number of aromatic nitrogens is 2. The molecule has 0 saturated carbocycles. The summed E-state index contributed by atoms with van der Waals surface area (Å²) in [6.45, 7) is 8.14. The lowest BCUT2D eigenvalue weighted by Gasteiger charge is -2.33. The number of piperidine rings is 1. The number of nitrogens with zero attached hydrogens (tertiary/aromatic N) is 3. The molecule has 1 aromatic rings. The predicted octanol–water partition coefficient (Wildman–Crippen LogP) is 2.99. The Bertz CT molecular complexity index is 494. The van der Waals surface area contributed by atoms with Gasteiger partial charge in [0.1, 0.15) is 11.6 Å². The monoisotopic (exact) mass is 291 g/mol. The summed E-state index contributed by atoms with van der Waals surface area (Å²) < 4.78 is 0. The topological polar surface area (TPSA) is 66.3 Å². The molecule has 5 heteroatoms. The van der Waals surface area contributed by atoms with Crippen molar-refractivity contribution < 1.29 is 9.90 Å². The number of carboxylic acids is 1. The third-order valence-electron chi connectivity index (χ3n) is 4.08. The Morgan fingerprint density at radius 1 is 1.38 bits per heavy atom. The Kier molecular flexibility index (Phi) is 5.15. The third-order valence-corrected chi connectivity index (χ3v) is 4.08. The second kappa shape index (κ2) is 6.87. The van der Waals surface area contributed by atoms with Crippen molar-refractivity contribution in [2.24, 2.45) is 5.92 Å². The van der Waals surface area contributed by atoms with Crippen LogP contribution in [0.3, 0.4) is 0 Å². The van der Waals surface area contributed by atoms with Gasteiger partial charge in [0.05, 0.1) is 0 Å². The van der Waals surface area contributed by atoms with Crippen LogP contribution in [0.2, 0.25) is 0 Å². The Hall–Kier alpha value is -1.65. The van der Waals surface area contributed by atoms with E-state index in [0.29, 0.717) is 11.8 Å². The smallest absolute Gasteiger partial charge is 0.303 e. The summed E-state index contributed by atoms with van der Waals surface area (Å²) in [7, 11) is 0. The second-order valence-corrected chi connectivity index (χ2v) is 6.24. The van der Waals surface area contributed by atoms with Crippen molar-refractivity contribution in [3.63, 3.8) is 0 Å². The van der Waals surface area contributed by atoms with Crippen molar-refractivity contribution >= 4 is 11.8 Å². The van der Waals surface area contributed by atoms with E-state index in [1.54, 1.807) is 0 Å². The molecule has 1 N–H and O–H groups in total. The molecule has 21 heavy (non-hydrogen) atoms. The lowest BCUT2D eigenvalue weighted by molar-refractivity contribution is -0.137. The Morgan fingerprint density at radius 3 is 2.62 bits per heavy atom. The molecular formula is C16H25N3O2. The number of aliphatic carboxylic acids is 1. The average molecular weight is 291 g/mol. The summed E-state index contributed by atoms with van der Waals surface area (Å²) >= 11 is 0. The Morgan fingerprint density at radius 2 is 2.05 bits per heavy atom. The largest absolute Gasteiger partial charge is 0.481 e. The maximum absolute atomic E-state index is 10.6. The lowest BCUT2D eigenvalue weighted by atomic mass is 9.92. The van der Waals surface area contributed by atoms with Crippen LogP contribution in [0.25, 0.3) is 0 Å². The molecule has 2 rings (SSSR count). The number of carboxylic acid groups (broad SMARTS) is 1. The Balaban J connectivity index is 1.97. The first-order valence-electron chi connectivity index (χ1n) is 7.78. The molecule has 1 fully saturated rings. The van der Waals surface area contributed by atoms with Crippen LogP contribution in [0.15, 0.2) is 6.07 Å². The maximum Gasteiger partial charge on any atom is 0.303 e. The summed E-state index contributed by atoms with van der Waals surface area (Å²) in [6.07, 6.45) is 3.18. The van der Waals surface area contributed by atoms with Crippen LogP contribution < -0.4 is 4.90 Å². The van der Waals surface area contributed by atoms with Crippen LogP contribution in [-0.2, 0) is 4.79 Å². The van der Waals surface area contributed by atoms with Gasteiger partial charge in [0.25, 0.3) is 0 Å². The summed E-state index contributed by atoms with van der Waals surface area (Å²) in [5, 5.41) is 8.76. The minimum Gasteiger partial charge on any atom is -0.481 e. The molecule has 1 saturated heterocycles. The molecule has 2 heterocycles. The standard InChI is InChI=1S/C16H25N3O2/c1-11(2)16-17-12(3)10-14(18-16)19-8-6-13(7-9-19)4-5-15(20)21/h10-11,13H,4-9H2,1-3H3,(H,20,21). The second-order valence-electron chi connectivity index (χ2n) is 6.24. The summed E-state index contributed by atoms with van der Waals surface area (Å²) in [6, 6.07) is 2.05. The molecule has 0 aromatic carbocycles. The van der Waals surface area contributed by atoms with Gasteiger partial charge in [0.2, 0.25) is 0 Å². The quantitative estimate of drug-likeness (QED) is 0.903. The van der Waals surface area contributed by atoms with E-state index in [0.717, 1.165) is 49.7 Å². The SMILES string of the molecule is Cc1cc(N2CCC(CCC(=O)O)CC2)nc(C(C)C)n1. The predicted molar refractivity (Wildman–Crippen MR) is 82.7 cm³/mol. The molecule has 0 atom stereocenters. The number of carbonyl (C=O) groups is 1. The van der Waals surface area contributed by atoms with Gasteiger partial charge < -0.3 is 10.0 Å². The van der Waals surface area contributed by atoms with E-state index in [4.69, 9.17) is 5.11 Å². The Labute approximate surface area is 126 Å². The zero-order valence-corrected chi connectivity index (χ0v) is 13.2. The first-order valence-corrected chi connectivity index (χ1v) is 7.78. The molecule has 1 aromatic heterocycles. The summed E-state index contributed by atoms with van der Waals surface area (Å²) in [5.41, 5.74) is 1.01. The molecular weight excluding hydrogens is 266 g/mol. The van der Waals surface area contributed by atoms with Crippen LogP contribution in [0, 0.1) is 12.8 Å². The normalized spacial score (nSPS) is 16.5. The molecule has 0 radical (unpaired) electrons. The number of hydrogen-bond acceptors (Lipinski definition) is 4. The fraction of sp³-hybridized carbons (Fsp3) is 0.688. The number of hydrogen-bond donors (Lipinski definition) is 1. The molecule has 1 aliphatic rings. The molecule has 0 bridgehead atoms. The van der Waals surface area contributed by atoms with Crippen LogP contribution >= 0.6 is 0 Å². The molecule has 0 unspecified atom stereocenters. The van der Waals surface area contributed by atoms with Crippen molar-refractivity contribution in [1.29, 1.82) is 0 Å². The van der Waals surface area contributed by atoms with Gasteiger partial charge in [-0.1, -0.05) is 13.8 Å². The molecule has 0 spiro atoms. The highest BCUT2D eigenvalue weighted by Crippen LogP contribution is 2.26. The average Bonchev–Trinajstić information content (AvgIpc) is 2.45. The van der Waals surface area contributed by atoms with Gasteiger partial charge in [-0.25, -0.2) is 9.97 Å². The highest BCUT2D eigenvalue weighted by Gasteiger charge is 2.21.